The largest absolute Gasteiger partial charge is 0.360 e. The van der Waals surface area contributed by atoms with Crippen molar-refractivity contribution in [3.8, 4) is 0 Å². The first-order chi connectivity index (χ1) is 9.13. The van der Waals surface area contributed by atoms with Crippen LogP contribution < -0.4 is 5.32 Å². The van der Waals surface area contributed by atoms with Crippen molar-refractivity contribution in [3.05, 3.63) is 39.9 Å². The highest BCUT2D eigenvalue weighted by molar-refractivity contribution is 7.07. The monoisotopic (exact) mass is 279 g/mol. The molecule has 0 fully saturated rings. The quantitative estimate of drug-likeness (QED) is 0.846. The topological polar surface area (TPSA) is 41.3 Å². The number of hydrogen-bond acceptors (Lipinski definition) is 5. The molecule has 0 saturated carbocycles. The number of nitrogens with one attached hydrogen (secondary N) is 1. The van der Waals surface area contributed by atoms with Crippen LogP contribution in [-0.2, 0) is 19.6 Å². The first kappa shape index (κ1) is 14.2. The van der Waals surface area contributed by atoms with Crippen LogP contribution in [0.2, 0.25) is 0 Å². The molecule has 0 saturated heterocycles. The molecule has 0 atom stereocenters. The van der Waals surface area contributed by atoms with Crippen LogP contribution in [0.5, 0.6) is 0 Å². The van der Waals surface area contributed by atoms with E-state index in [1.54, 1.807) is 11.3 Å². The van der Waals surface area contributed by atoms with Gasteiger partial charge in [0.25, 0.3) is 0 Å². The van der Waals surface area contributed by atoms with Crippen molar-refractivity contribution in [2.24, 2.45) is 0 Å². The third kappa shape index (κ3) is 4.78. The minimum Gasteiger partial charge on any atom is -0.360 e. The lowest BCUT2D eigenvalue weighted by Gasteiger charge is -2.13. The third-order valence-electron chi connectivity index (χ3n) is 2.76. The molecule has 19 heavy (non-hydrogen) atoms. The minimum absolute atomic E-state index is 0.460. The number of aromatic nitrogens is 1. The Bertz CT molecular complexity index is 479. The van der Waals surface area contributed by atoms with E-state index < -0.39 is 0 Å². The lowest BCUT2D eigenvalue weighted by Crippen LogP contribution is -2.21. The molecule has 2 heterocycles. The average molecular weight is 279 g/mol. The molecule has 2 aromatic rings. The summed E-state index contributed by atoms with van der Waals surface area (Å²) in [5.74, 6) is 0.915. The van der Waals surface area contributed by atoms with Crippen LogP contribution in [0.15, 0.2) is 27.4 Å². The second-order valence-electron chi connectivity index (χ2n) is 5.12. The Morgan fingerprint density at radius 3 is 2.95 bits per heavy atom. The maximum absolute atomic E-state index is 5.36. The van der Waals surface area contributed by atoms with Crippen molar-refractivity contribution < 1.29 is 4.52 Å². The summed E-state index contributed by atoms with van der Waals surface area (Å²) in [6.07, 6.45) is 0. The molecule has 104 valence electrons. The Morgan fingerprint density at radius 2 is 2.26 bits per heavy atom. The highest BCUT2D eigenvalue weighted by atomic mass is 32.1. The Morgan fingerprint density at radius 1 is 1.42 bits per heavy atom. The SMILES string of the molecule is CC(C)NCc1cc(CN(C)Cc2ccsc2)on1. The van der Waals surface area contributed by atoms with Crippen LogP contribution >= 0.6 is 11.3 Å². The fourth-order valence-electron chi connectivity index (χ4n) is 1.84. The van der Waals surface area contributed by atoms with Crippen molar-refractivity contribution in [2.75, 3.05) is 7.05 Å². The normalized spacial score (nSPS) is 11.6. The van der Waals surface area contributed by atoms with Crippen molar-refractivity contribution in [1.29, 1.82) is 0 Å². The molecule has 5 heteroatoms. The molecule has 0 spiro atoms. The molecule has 0 aliphatic heterocycles. The predicted octanol–water partition coefficient (Wildman–Crippen LogP) is 2.87. The Labute approximate surface area is 118 Å². The fraction of sp³-hybridized carbons (Fsp3) is 0.500. The zero-order chi connectivity index (χ0) is 13.7. The predicted molar refractivity (Wildman–Crippen MR) is 78.0 cm³/mol. The standard InChI is InChI=1S/C14H21N3OS/c1-11(2)15-7-13-6-14(18-16-13)9-17(3)8-12-4-5-19-10-12/h4-6,10-11,15H,7-9H2,1-3H3. The van der Waals surface area contributed by atoms with Gasteiger partial charge in [-0.15, -0.1) is 0 Å². The summed E-state index contributed by atoms with van der Waals surface area (Å²) in [6.45, 7) is 6.72. The van der Waals surface area contributed by atoms with Gasteiger partial charge in [-0.25, -0.2) is 0 Å². The van der Waals surface area contributed by atoms with Gasteiger partial charge in [-0.1, -0.05) is 19.0 Å². The van der Waals surface area contributed by atoms with E-state index in [0.29, 0.717) is 6.04 Å². The number of hydrogen-bond donors (Lipinski definition) is 1. The molecule has 0 aliphatic carbocycles. The molecule has 0 bridgehead atoms. The molecular formula is C14H21N3OS. The van der Waals surface area contributed by atoms with Crippen molar-refractivity contribution in [3.63, 3.8) is 0 Å². The Balaban J connectivity index is 1.82. The summed E-state index contributed by atoms with van der Waals surface area (Å²) in [5.41, 5.74) is 2.31. The van der Waals surface area contributed by atoms with Gasteiger partial charge in [0, 0.05) is 25.2 Å². The van der Waals surface area contributed by atoms with Gasteiger partial charge in [0.1, 0.15) is 0 Å². The van der Waals surface area contributed by atoms with Crippen LogP contribution in [0, 0.1) is 0 Å². The summed E-state index contributed by atoms with van der Waals surface area (Å²) in [5, 5.41) is 11.7. The van der Waals surface area contributed by atoms with Crippen LogP contribution in [0.4, 0.5) is 0 Å². The smallest absolute Gasteiger partial charge is 0.151 e. The van der Waals surface area contributed by atoms with Gasteiger partial charge in [0.05, 0.1) is 12.2 Å². The van der Waals surface area contributed by atoms with Gasteiger partial charge < -0.3 is 9.84 Å². The van der Waals surface area contributed by atoms with Gasteiger partial charge in [-0.05, 0) is 29.4 Å². The molecule has 1 N–H and O–H groups in total. The minimum atomic E-state index is 0.460. The summed E-state index contributed by atoms with van der Waals surface area (Å²) >= 11 is 1.73. The molecule has 0 aliphatic rings. The maximum Gasteiger partial charge on any atom is 0.151 e. The lowest BCUT2D eigenvalue weighted by molar-refractivity contribution is 0.265. The number of nitrogens with zero attached hydrogens (tertiary/aromatic N) is 2. The first-order valence-electron chi connectivity index (χ1n) is 6.51. The molecule has 0 aromatic carbocycles. The summed E-state index contributed by atoms with van der Waals surface area (Å²) < 4.78 is 5.36. The Kier molecular flexibility index (Phi) is 5.13. The molecule has 0 radical (unpaired) electrons. The maximum atomic E-state index is 5.36. The highest BCUT2D eigenvalue weighted by Crippen LogP contribution is 2.12. The zero-order valence-electron chi connectivity index (χ0n) is 11.7. The van der Waals surface area contributed by atoms with Gasteiger partial charge in [0.2, 0.25) is 0 Å². The van der Waals surface area contributed by atoms with E-state index in [-0.39, 0.29) is 0 Å². The fourth-order valence-corrected chi connectivity index (χ4v) is 2.50. The van der Waals surface area contributed by atoms with Crippen molar-refractivity contribution in [1.82, 2.24) is 15.4 Å². The van der Waals surface area contributed by atoms with E-state index >= 15 is 0 Å². The van der Waals surface area contributed by atoms with Gasteiger partial charge >= 0.3 is 0 Å². The van der Waals surface area contributed by atoms with Crippen LogP contribution in [-0.4, -0.2) is 23.1 Å². The second-order valence-corrected chi connectivity index (χ2v) is 5.90. The van der Waals surface area contributed by atoms with E-state index in [1.165, 1.54) is 5.56 Å². The van der Waals surface area contributed by atoms with E-state index in [1.807, 2.05) is 6.07 Å². The van der Waals surface area contributed by atoms with Crippen LogP contribution in [0.25, 0.3) is 0 Å². The number of rotatable bonds is 7. The molecule has 2 aromatic heterocycles. The van der Waals surface area contributed by atoms with E-state index in [2.05, 4.69) is 53.1 Å². The van der Waals surface area contributed by atoms with Crippen LogP contribution in [0.1, 0.15) is 30.9 Å². The molecule has 2 rings (SSSR count). The lowest BCUT2D eigenvalue weighted by atomic mass is 10.3. The third-order valence-corrected chi connectivity index (χ3v) is 3.49. The second kappa shape index (κ2) is 6.84. The van der Waals surface area contributed by atoms with Crippen molar-refractivity contribution in [2.45, 2.75) is 39.5 Å². The number of thiophene rings is 1. The molecule has 0 amide bonds. The molecule has 0 unspecified atom stereocenters. The molecular weight excluding hydrogens is 258 g/mol. The summed E-state index contributed by atoms with van der Waals surface area (Å²) in [6, 6.07) is 4.64. The zero-order valence-corrected chi connectivity index (χ0v) is 12.5. The van der Waals surface area contributed by atoms with E-state index in [9.17, 15) is 0 Å². The highest BCUT2D eigenvalue weighted by Gasteiger charge is 2.08. The Hall–Kier alpha value is -1.17. The van der Waals surface area contributed by atoms with E-state index in [0.717, 1.165) is 31.1 Å². The van der Waals surface area contributed by atoms with Gasteiger partial charge in [-0.2, -0.15) is 11.3 Å². The van der Waals surface area contributed by atoms with Gasteiger partial charge in [-0.3, -0.25) is 4.90 Å². The van der Waals surface area contributed by atoms with E-state index in [4.69, 9.17) is 4.52 Å². The summed E-state index contributed by atoms with van der Waals surface area (Å²) in [4.78, 5) is 2.22. The van der Waals surface area contributed by atoms with Crippen LogP contribution in [0.3, 0.4) is 0 Å². The summed E-state index contributed by atoms with van der Waals surface area (Å²) in [7, 11) is 2.09. The molecule has 4 nitrogen and oxygen atoms in total. The average Bonchev–Trinajstić information content (AvgIpc) is 2.98. The van der Waals surface area contributed by atoms with Gasteiger partial charge in [0.15, 0.2) is 5.76 Å². The first-order valence-corrected chi connectivity index (χ1v) is 7.45. The van der Waals surface area contributed by atoms with Crippen molar-refractivity contribution >= 4 is 11.3 Å².